The molecule has 2 aromatic rings. The van der Waals surface area contributed by atoms with Crippen molar-refractivity contribution in [3.8, 4) is 0 Å². The van der Waals surface area contributed by atoms with E-state index in [0.29, 0.717) is 15.3 Å². The van der Waals surface area contributed by atoms with Gasteiger partial charge in [-0.3, -0.25) is 9.78 Å². The highest BCUT2D eigenvalue weighted by Crippen LogP contribution is 2.29. The summed E-state index contributed by atoms with van der Waals surface area (Å²) in [5.41, 5.74) is 0.921. The van der Waals surface area contributed by atoms with E-state index in [1.807, 2.05) is 6.26 Å². The number of carbonyl (C=O) groups is 1. The number of aromatic nitrogens is 3. The maximum Gasteiger partial charge on any atom is 0.275 e. The molecule has 2 rings (SSSR count). The summed E-state index contributed by atoms with van der Waals surface area (Å²) < 4.78 is 1.28. The Morgan fingerprint density at radius 3 is 2.73 bits per heavy atom. The van der Waals surface area contributed by atoms with Crippen LogP contribution in [0.4, 0.5) is 5.69 Å². The molecule has 26 heavy (non-hydrogen) atoms. The number of nitrogens with one attached hydrogen (secondary N) is 1. The largest absolute Gasteiger partial charge is 0.358 e. The molecule has 0 bridgehead atoms. The van der Waals surface area contributed by atoms with Crippen molar-refractivity contribution >= 4 is 67.6 Å². The van der Waals surface area contributed by atoms with Crippen molar-refractivity contribution in [2.45, 2.75) is 23.9 Å². The Balaban J connectivity index is 2.22. The fourth-order valence-corrected chi connectivity index (χ4v) is 4.15. The molecule has 0 saturated carbocycles. The Kier molecular flexibility index (Phi) is 8.26. The molecule has 0 fully saturated rings. The third-order valence-electron chi connectivity index (χ3n) is 3.37. The normalized spacial score (nSPS) is 10.5. The van der Waals surface area contributed by atoms with E-state index in [0.717, 1.165) is 22.3 Å². The van der Waals surface area contributed by atoms with Crippen molar-refractivity contribution in [1.29, 1.82) is 0 Å². The molecule has 2 heterocycles. The van der Waals surface area contributed by atoms with Crippen LogP contribution in [0.3, 0.4) is 0 Å². The Morgan fingerprint density at radius 2 is 2.08 bits per heavy atom. The van der Waals surface area contributed by atoms with Gasteiger partial charge in [-0.05, 0) is 42.1 Å². The average Bonchev–Trinajstić information content (AvgIpc) is 2.64. The van der Waals surface area contributed by atoms with E-state index < -0.39 is 0 Å². The highest BCUT2D eigenvalue weighted by Gasteiger charge is 2.17. The second-order valence-electron chi connectivity index (χ2n) is 4.92. The first-order chi connectivity index (χ1) is 12.5. The van der Waals surface area contributed by atoms with E-state index in [-0.39, 0.29) is 11.6 Å². The van der Waals surface area contributed by atoms with Crippen molar-refractivity contribution in [3.05, 3.63) is 34.8 Å². The standard InChI is InChI=1S/C16H18BrN5OS3/c1-4-22(5-2)16(24)26-12-9-18-7-6-11(12)20-14(23)13-10(17)8-19-15(21-13)25-3/h6-9H,4-5H2,1-3H3,(H,18,20,23). The first kappa shape index (κ1) is 21.1. The number of rotatable bonds is 6. The molecular weight excluding hydrogens is 454 g/mol. The van der Waals surface area contributed by atoms with Crippen molar-refractivity contribution in [1.82, 2.24) is 19.9 Å². The number of anilines is 1. The highest BCUT2D eigenvalue weighted by molar-refractivity contribution is 9.10. The molecule has 0 aliphatic heterocycles. The lowest BCUT2D eigenvalue weighted by atomic mass is 10.3. The molecule has 1 N–H and O–H groups in total. The van der Waals surface area contributed by atoms with Gasteiger partial charge in [0.15, 0.2) is 5.16 Å². The molecule has 0 atom stereocenters. The molecule has 0 aliphatic rings. The summed E-state index contributed by atoms with van der Waals surface area (Å²) >= 11 is 11.6. The molecule has 10 heteroatoms. The van der Waals surface area contributed by atoms with Crippen molar-refractivity contribution in [2.24, 2.45) is 0 Å². The predicted octanol–water partition coefficient (Wildman–Crippen LogP) is 4.33. The Bertz CT molecular complexity index is 801. The number of hydrogen-bond donors (Lipinski definition) is 1. The molecule has 0 aromatic carbocycles. The van der Waals surface area contributed by atoms with Crippen LogP contribution >= 0.6 is 51.7 Å². The molecule has 0 unspecified atom stereocenters. The number of thioether (sulfide) groups is 2. The minimum atomic E-state index is -0.323. The maximum absolute atomic E-state index is 12.7. The summed E-state index contributed by atoms with van der Waals surface area (Å²) in [6, 6.07) is 1.75. The summed E-state index contributed by atoms with van der Waals surface area (Å²) in [4.78, 5) is 28.1. The molecule has 2 aromatic heterocycles. The second-order valence-corrected chi connectivity index (χ2v) is 8.22. The number of carbonyl (C=O) groups excluding carboxylic acids is 1. The van der Waals surface area contributed by atoms with Crippen LogP contribution in [-0.2, 0) is 0 Å². The monoisotopic (exact) mass is 471 g/mol. The predicted molar refractivity (Wildman–Crippen MR) is 115 cm³/mol. The number of halogens is 1. The zero-order chi connectivity index (χ0) is 19.1. The summed E-state index contributed by atoms with van der Waals surface area (Å²) in [6.07, 6.45) is 6.75. The molecule has 0 saturated heterocycles. The van der Waals surface area contributed by atoms with Gasteiger partial charge < -0.3 is 10.2 Å². The fraction of sp³-hybridized carbons (Fsp3) is 0.312. The zero-order valence-electron chi connectivity index (χ0n) is 14.5. The van der Waals surface area contributed by atoms with Gasteiger partial charge in [0.05, 0.1) is 15.1 Å². The molecule has 1 amide bonds. The minimum Gasteiger partial charge on any atom is -0.358 e. The minimum absolute atomic E-state index is 0.281. The van der Waals surface area contributed by atoms with Gasteiger partial charge in [-0.1, -0.05) is 35.7 Å². The van der Waals surface area contributed by atoms with Crippen LogP contribution < -0.4 is 5.32 Å². The summed E-state index contributed by atoms with van der Waals surface area (Å²) in [7, 11) is 0. The second kappa shape index (κ2) is 10.2. The van der Waals surface area contributed by atoms with Gasteiger partial charge in [-0.2, -0.15) is 0 Å². The number of nitrogens with zero attached hydrogens (tertiary/aromatic N) is 4. The molecule has 0 spiro atoms. The van der Waals surface area contributed by atoms with Gasteiger partial charge >= 0.3 is 0 Å². The molecular formula is C16H18BrN5OS3. The number of pyridine rings is 1. The molecule has 0 radical (unpaired) electrons. The van der Waals surface area contributed by atoms with Crippen LogP contribution in [0.2, 0.25) is 0 Å². The van der Waals surface area contributed by atoms with Gasteiger partial charge in [0.25, 0.3) is 5.91 Å². The topological polar surface area (TPSA) is 71.0 Å². The van der Waals surface area contributed by atoms with Gasteiger partial charge in [-0.25, -0.2) is 9.97 Å². The van der Waals surface area contributed by atoms with Gasteiger partial charge in [-0.15, -0.1) is 0 Å². The lowest BCUT2D eigenvalue weighted by Crippen LogP contribution is -2.26. The van der Waals surface area contributed by atoms with E-state index in [1.54, 1.807) is 24.7 Å². The van der Waals surface area contributed by atoms with Crippen molar-refractivity contribution in [2.75, 3.05) is 24.7 Å². The van der Waals surface area contributed by atoms with Crippen LogP contribution in [0.5, 0.6) is 0 Å². The van der Waals surface area contributed by atoms with Crippen molar-refractivity contribution in [3.63, 3.8) is 0 Å². The smallest absolute Gasteiger partial charge is 0.275 e. The summed E-state index contributed by atoms with van der Waals surface area (Å²) in [6.45, 7) is 5.77. The van der Waals surface area contributed by atoms with Crippen molar-refractivity contribution < 1.29 is 4.79 Å². The number of thiocarbonyl (C=S) groups is 1. The molecule has 138 valence electrons. The van der Waals surface area contributed by atoms with E-state index in [2.05, 4.69) is 54.9 Å². The average molecular weight is 472 g/mol. The van der Waals surface area contributed by atoms with Gasteiger partial charge in [0, 0.05) is 31.7 Å². The molecule has 6 nitrogen and oxygen atoms in total. The van der Waals surface area contributed by atoms with E-state index in [1.165, 1.54) is 23.5 Å². The lowest BCUT2D eigenvalue weighted by Gasteiger charge is -2.21. The van der Waals surface area contributed by atoms with Crippen LogP contribution in [0.15, 0.2) is 39.2 Å². The van der Waals surface area contributed by atoms with E-state index >= 15 is 0 Å². The quantitative estimate of drug-likeness (QED) is 0.379. The fourth-order valence-electron chi connectivity index (χ4n) is 2.00. The van der Waals surface area contributed by atoms with E-state index in [4.69, 9.17) is 12.2 Å². The number of amides is 1. The van der Waals surface area contributed by atoms with Gasteiger partial charge in [0.2, 0.25) is 0 Å². The third kappa shape index (κ3) is 5.38. The first-order valence-corrected chi connectivity index (χ1v) is 11.0. The third-order valence-corrected chi connectivity index (χ3v) is 6.00. The van der Waals surface area contributed by atoms with Gasteiger partial charge in [0.1, 0.15) is 10.0 Å². The Hall–Kier alpha value is -1.23. The van der Waals surface area contributed by atoms with Crippen LogP contribution in [-0.4, -0.2) is 49.4 Å². The van der Waals surface area contributed by atoms with Crippen LogP contribution in [0.1, 0.15) is 24.3 Å². The van der Waals surface area contributed by atoms with Crippen LogP contribution in [0, 0.1) is 0 Å². The molecule has 0 aliphatic carbocycles. The number of hydrogen-bond acceptors (Lipinski definition) is 7. The van der Waals surface area contributed by atoms with E-state index in [9.17, 15) is 4.79 Å². The zero-order valence-corrected chi connectivity index (χ0v) is 18.6. The summed E-state index contributed by atoms with van der Waals surface area (Å²) in [5, 5.41) is 3.42. The van der Waals surface area contributed by atoms with Crippen LogP contribution in [0.25, 0.3) is 0 Å². The SMILES string of the molecule is CCN(CC)C(=S)Sc1cnccc1NC(=O)c1nc(SC)ncc1Br. The highest BCUT2D eigenvalue weighted by atomic mass is 79.9. The Labute approximate surface area is 175 Å². The Morgan fingerprint density at radius 1 is 1.35 bits per heavy atom. The maximum atomic E-state index is 12.7. The lowest BCUT2D eigenvalue weighted by molar-refractivity contribution is 0.102. The first-order valence-electron chi connectivity index (χ1n) is 7.78. The summed E-state index contributed by atoms with van der Waals surface area (Å²) in [5.74, 6) is -0.323.